The van der Waals surface area contributed by atoms with E-state index in [1.54, 1.807) is 0 Å². The molecule has 0 saturated carbocycles. The molecule has 0 saturated heterocycles. The minimum absolute atomic E-state index is 0.00637. The summed E-state index contributed by atoms with van der Waals surface area (Å²) in [7, 11) is 0. The Morgan fingerprint density at radius 3 is 1.73 bits per heavy atom. The van der Waals surface area contributed by atoms with Crippen molar-refractivity contribution in [1.82, 2.24) is 9.05 Å². The molecule has 7 aromatic carbocycles. The average molecular weight is 767 g/mol. The van der Waals surface area contributed by atoms with Gasteiger partial charge in [-0.05, 0) is 125 Å². The molecule has 0 bridgehead atoms. The van der Waals surface area contributed by atoms with Crippen LogP contribution < -0.4 is 10.9 Å². The van der Waals surface area contributed by atoms with Crippen LogP contribution in [0.3, 0.4) is 0 Å². The van der Waals surface area contributed by atoms with Gasteiger partial charge in [0.25, 0.3) is 0 Å². The molecule has 9 aromatic rings. The van der Waals surface area contributed by atoms with Gasteiger partial charge in [-0.2, -0.15) is 0 Å². The van der Waals surface area contributed by atoms with E-state index in [-0.39, 0.29) is 28.5 Å². The monoisotopic (exact) mass is 766 g/mol. The third-order valence-electron chi connectivity index (χ3n) is 13.9. The first-order chi connectivity index (χ1) is 27.8. The molecule has 3 heteroatoms. The highest BCUT2D eigenvalue weighted by molar-refractivity contribution is 6.90. The van der Waals surface area contributed by atoms with Crippen LogP contribution in [0.15, 0.2) is 115 Å². The molecule has 0 spiro atoms. The molecule has 0 N–H and O–H groups in total. The van der Waals surface area contributed by atoms with E-state index in [2.05, 4.69) is 207 Å². The molecule has 0 amide bonds. The van der Waals surface area contributed by atoms with Crippen molar-refractivity contribution >= 4 is 72.2 Å². The van der Waals surface area contributed by atoms with Crippen LogP contribution in [0.2, 0.25) is 0 Å². The molecule has 2 aromatic heterocycles. The van der Waals surface area contributed by atoms with E-state index in [0.717, 1.165) is 0 Å². The van der Waals surface area contributed by atoms with E-state index in [0.29, 0.717) is 0 Å². The van der Waals surface area contributed by atoms with Gasteiger partial charge in [0.05, 0.1) is 11.0 Å². The number of nitrogens with zero attached hydrogens (tertiary/aromatic N) is 2. The second kappa shape index (κ2) is 11.6. The molecule has 4 heterocycles. The highest BCUT2D eigenvalue weighted by Gasteiger charge is 2.42. The largest absolute Gasteiger partial charge is 0.375 e. The molecule has 0 fully saturated rings. The van der Waals surface area contributed by atoms with Crippen molar-refractivity contribution in [1.29, 1.82) is 0 Å². The Bertz CT molecular complexity index is 3270. The number of hydrogen-bond donors (Lipinski definition) is 0. The number of rotatable bonds is 1. The smallest absolute Gasteiger partial charge is 0.333 e. The maximum absolute atomic E-state index is 2.73. The quantitative estimate of drug-likeness (QED) is 0.147. The molecule has 0 atom stereocenters. The Morgan fingerprint density at radius 1 is 0.424 bits per heavy atom. The lowest BCUT2D eigenvalue weighted by Crippen LogP contribution is -2.55. The molecule has 292 valence electrons. The Kier molecular flexibility index (Phi) is 7.18. The van der Waals surface area contributed by atoms with Gasteiger partial charge in [0.1, 0.15) is 0 Å². The minimum Gasteiger partial charge on any atom is -0.375 e. The van der Waals surface area contributed by atoms with Gasteiger partial charge >= 0.3 is 6.85 Å². The van der Waals surface area contributed by atoms with Crippen LogP contribution in [-0.4, -0.2) is 15.9 Å². The fourth-order valence-corrected chi connectivity index (χ4v) is 10.5. The van der Waals surface area contributed by atoms with Gasteiger partial charge in [0.2, 0.25) is 0 Å². The maximum atomic E-state index is 2.73. The summed E-state index contributed by atoms with van der Waals surface area (Å²) in [6.45, 7) is 28.2. The van der Waals surface area contributed by atoms with Crippen molar-refractivity contribution in [2.75, 3.05) is 0 Å². The van der Waals surface area contributed by atoms with E-state index < -0.39 is 0 Å². The average Bonchev–Trinajstić information content (AvgIpc) is 3.70. The fraction of sp³-hybridized carbons (Fsp3) is 0.286. The van der Waals surface area contributed by atoms with Crippen LogP contribution in [0.4, 0.5) is 0 Å². The second-order valence-electron chi connectivity index (χ2n) is 21.9. The molecule has 0 radical (unpaired) electrons. The standard InChI is InChI=1S/C56H55BN2/c1-53(2,3)35-21-23-46-41(29-35)43-30-38(56(10,11)12)31-44-42-26-34(33-24-36(54(4,5)6)28-37(25-33)55(7,8)9)27-48-50(42)57(59(46)51(43)44)45-19-15-18-40-49-39-17-14-13-16-32(39)20-22-47(49)58(48)52(40)45/h13-31H,1-12H3. The topological polar surface area (TPSA) is 9.86 Å². The SMILES string of the molecule is CC(C)(C)c1cc(-c2cc3c4c(c2)-n2c5ccc6ccccc6c5c5cccc(c52)B4n2c4ccc(C(C)(C)C)cc4c4cc(C(C)(C)C)cc-3c42)cc(C(C)(C)C)c1. The molecule has 2 aliphatic rings. The third kappa shape index (κ3) is 5.12. The van der Waals surface area contributed by atoms with Gasteiger partial charge in [-0.3, -0.25) is 0 Å². The second-order valence-corrected chi connectivity index (χ2v) is 21.9. The lowest BCUT2D eigenvalue weighted by Gasteiger charge is -2.35. The molecule has 2 aliphatic heterocycles. The summed E-state index contributed by atoms with van der Waals surface area (Å²) in [6, 6.07) is 45.6. The summed E-state index contributed by atoms with van der Waals surface area (Å²) in [5.74, 6) is 0. The summed E-state index contributed by atoms with van der Waals surface area (Å²) >= 11 is 0. The predicted molar refractivity (Wildman–Crippen MR) is 257 cm³/mol. The van der Waals surface area contributed by atoms with Crippen molar-refractivity contribution in [2.45, 2.75) is 105 Å². The Labute approximate surface area is 350 Å². The molecular weight excluding hydrogens is 711 g/mol. The van der Waals surface area contributed by atoms with E-state index in [1.807, 2.05) is 0 Å². The summed E-state index contributed by atoms with van der Waals surface area (Å²) in [5, 5.41) is 7.97. The van der Waals surface area contributed by atoms with E-state index in [9.17, 15) is 0 Å². The van der Waals surface area contributed by atoms with Gasteiger partial charge < -0.3 is 9.05 Å². The molecule has 11 rings (SSSR count). The van der Waals surface area contributed by atoms with Crippen molar-refractivity contribution < 1.29 is 0 Å². The highest BCUT2D eigenvalue weighted by atomic mass is 15.0. The first-order valence-corrected chi connectivity index (χ1v) is 21.7. The Balaban J connectivity index is 1.36. The van der Waals surface area contributed by atoms with E-state index in [4.69, 9.17) is 0 Å². The summed E-state index contributed by atoms with van der Waals surface area (Å²) in [6.07, 6.45) is 0. The van der Waals surface area contributed by atoms with Crippen LogP contribution in [-0.2, 0) is 21.7 Å². The zero-order chi connectivity index (χ0) is 41.3. The summed E-state index contributed by atoms with van der Waals surface area (Å²) in [5.41, 5.74) is 20.1. The van der Waals surface area contributed by atoms with Gasteiger partial charge in [0.15, 0.2) is 0 Å². The molecule has 59 heavy (non-hydrogen) atoms. The number of hydrogen-bond acceptors (Lipinski definition) is 0. The zero-order valence-electron chi connectivity index (χ0n) is 36.9. The van der Waals surface area contributed by atoms with Gasteiger partial charge in [-0.1, -0.05) is 156 Å². The first-order valence-electron chi connectivity index (χ1n) is 21.7. The van der Waals surface area contributed by atoms with Crippen molar-refractivity contribution in [3.63, 3.8) is 0 Å². The number of aromatic nitrogens is 2. The van der Waals surface area contributed by atoms with Crippen LogP contribution in [0.5, 0.6) is 0 Å². The summed E-state index contributed by atoms with van der Waals surface area (Å²) < 4.78 is 5.37. The first kappa shape index (κ1) is 36.5. The zero-order valence-corrected chi connectivity index (χ0v) is 36.9. The lowest BCUT2D eigenvalue weighted by molar-refractivity contribution is 0.569. The predicted octanol–water partition coefficient (Wildman–Crippen LogP) is 13.8. The lowest BCUT2D eigenvalue weighted by atomic mass is 9.45. The molecular formula is C56H55BN2. The molecule has 2 nitrogen and oxygen atoms in total. The fourth-order valence-electron chi connectivity index (χ4n) is 10.5. The maximum Gasteiger partial charge on any atom is 0.333 e. The number of para-hydroxylation sites is 1. The third-order valence-corrected chi connectivity index (χ3v) is 13.9. The molecule has 0 unspecified atom stereocenters. The van der Waals surface area contributed by atoms with Crippen LogP contribution in [0.1, 0.15) is 105 Å². The highest BCUT2D eigenvalue weighted by Crippen LogP contribution is 2.48. The minimum atomic E-state index is -0.0334. The number of fused-ring (bicyclic) bond motifs is 12. The summed E-state index contributed by atoms with van der Waals surface area (Å²) in [4.78, 5) is 0. The van der Waals surface area contributed by atoms with Crippen LogP contribution >= 0.6 is 0 Å². The van der Waals surface area contributed by atoms with Crippen LogP contribution in [0, 0.1) is 0 Å². The van der Waals surface area contributed by atoms with Crippen molar-refractivity contribution in [3.8, 4) is 27.9 Å². The van der Waals surface area contributed by atoms with Gasteiger partial charge in [0, 0.05) is 43.8 Å². The van der Waals surface area contributed by atoms with Crippen LogP contribution in [0.25, 0.3) is 82.3 Å². The van der Waals surface area contributed by atoms with Crippen molar-refractivity contribution in [3.05, 3.63) is 138 Å². The van der Waals surface area contributed by atoms with Crippen molar-refractivity contribution in [2.24, 2.45) is 0 Å². The Morgan fingerprint density at radius 2 is 1.03 bits per heavy atom. The Hall–Kier alpha value is -5.54. The van der Waals surface area contributed by atoms with Gasteiger partial charge in [-0.15, -0.1) is 0 Å². The van der Waals surface area contributed by atoms with E-state index in [1.165, 1.54) is 116 Å². The molecule has 0 aliphatic carbocycles. The number of benzene rings is 7. The normalized spacial score (nSPS) is 14.1. The van der Waals surface area contributed by atoms with Gasteiger partial charge in [-0.25, -0.2) is 0 Å². The van der Waals surface area contributed by atoms with E-state index >= 15 is 0 Å².